The van der Waals surface area contributed by atoms with Crippen molar-refractivity contribution in [3.8, 4) is 0 Å². The minimum atomic E-state index is 0.515. The normalized spacial score (nSPS) is 10.1. The van der Waals surface area contributed by atoms with Gasteiger partial charge in [-0.15, -0.1) is 5.10 Å². The van der Waals surface area contributed by atoms with Gasteiger partial charge in [0.15, 0.2) is 0 Å². The fourth-order valence-corrected chi connectivity index (χ4v) is 1.12. The highest BCUT2D eigenvalue weighted by Gasteiger charge is 2.01. The van der Waals surface area contributed by atoms with Crippen LogP contribution in [0.1, 0.15) is 17.1 Å². The van der Waals surface area contributed by atoms with Crippen molar-refractivity contribution in [1.29, 1.82) is 0 Å². The Hall–Kier alpha value is -2.11. The predicted molar refractivity (Wildman–Crippen MR) is 58.7 cm³/mol. The summed E-state index contributed by atoms with van der Waals surface area (Å²) in [5.41, 5.74) is 2.60. The smallest absolute Gasteiger partial charge is 0.243 e. The van der Waals surface area contributed by atoms with Crippen LogP contribution in [0.25, 0.3) is 0 Å². The lowest BCUT2D eigenvalue weighted by Crippen LogP contribution is -2.07. The molecule has 0 radical (unpaired) electrons. The van der Waals surface area contributed by atoms with Gasteiger partial charge in [0, 0.05) is 6.20 Å². The van der Waals surface area contributed by atoms with Crippen LogP contribution in [-0.4, -0.2) is 25.1 Å². The molecule has 6 heteroatoms. The Labute approximate surface area is 93.2 Å². The molecule has 2 heterocycles. The molecule has 0 aliphatic carbocycles. The molecule has 1 N–H and O–H groups in total. The van der Waals surface area contributed by atoms with Crippen molar-refractivity contribution in [3.63, 3.8) is 0 Å². The van der Waals surface area contributed by atoms with Gasteiger partial charge in [0.2, 0.25) is 5.95 Å². The Morgan fingerprint density at radius 1 is 1.19 bits per heavy atom. The SMILES string of the molecule is Cc1nnc(NCc2ccncn2)nc1C. The summed E-state index contributed by atoms with van der Waals surface area (Å²) in [7, 11) is 0. The maximum atomic E-state index is 4.26. The highest BCUT2D eigenvalue weighted by atomic mass is 15.2. The largest absolute Gasteiger partial charge is 0.347 e. The van der Waals surface area contributed by atoms with Crippen LogP contribution in [0.5, 0.6) is 0 Å². The molecule has 0 bridgehead atoms. The maximum Gasteiger partial charge on any atom is 0.243 e. The van der Waals surface area contributed by atoms with Gasteiger partial charge in [-0.1, -0.05) is 0 Å². The van der Waals surface area contributed by atoms with Crippen LogP contribution in [0, 0.1) is 13.8 Å². The Morgan fingerprint density at radius 2 is 2.06 bits per heavy atom. The van der Waals surface area contributed by atoms with E-state index in [0.29, 0.717) is 12.5 Å². The van der Waals surface area contributed by atoms with Crippen molar-refractivity contribution in [2.75, 3.05) is 5.32 Å². The molecule has 0 unspecified atom stereocenters. The minimum Gasteiger partial charge on any atom is -0.347 e. The van der Waals surface area contributed by atoms with E-state index in [4.69, 9.17) is 0 Å². The maximum absolute atomic E-state index is 4.26. The summed E-state index contributed by atoms with van der Waals surface area (Å²) in [4.78, 5) is 12.2. The van der Waals surface area contributed by atoms with E-state index in [1.165, 1.54) is 6.33 Å². The minimum absolute atomic E-state index is 0.515. The molecule has 2 rings (SSSR count). The van der Waals surface area contributed by atoms with Crippen molar-refractivity contribution in [2.24, 2.45) is 0 Å². The first-order valence-electron chi connectivity index (χ1n) is 4.92. The third kappa shape index (κ3) is 2.47. The number of rotatable bonds is 3. The van der Waals surface area contributed by atoms with Gasteiger partial charge in [0.25, 0.3) is 0 Å². The zero-order chi connectivity index (χ0) is 11.4. The molecule has 0 amide bonds. The number of hydrogen-bond donors (Lipinski definition) is 1. The Morgan fingerprint density at radius 3 is 2.75 bits per heavy atom. The molecule has 0 spiro atoms. The number of aromatic nitrogens is 5. The van der Waals surface area contributed by atoms with Crippen LogP contribution >= 0.6 is 0 Å². The van der Waals surface area contributed by atoms with E-state index < -0.39 is 0 Å². The van der Waals surface area contributed by atoms with Crippen molar-refractivity contribution >= 4 is 5.95 Å². The van der Waals surface area contributed by atoms with Crippen LogP contribution in [0.2, 0.25) is 0 Å². The molecular weight excluding hydrogens is 204 g/mol. The molecule has 2 aromatic rings. The summed E-state index contributed by atoms with van der Waals surface area (Å²) in [6, 6.07) is 1.83. The lowest BCUT2D eigenvalue weighted by Gasteiger charge is -2.04. The van der Waals surface area contributed by atoms with E-state index in [0.717, 1.165) is 17.1 Å². The molecular formula is C10H12N6. The fraction of sp³-hybridized carbons (Fsp3) is 0.300. The number of nitrogens with zero attached hydrogens (tertiary/aromatic N) is 5. The predicted octanol–water partition coefficient (Wildman–Crippen LogP) is 0.891. The second-order valence-electron chi connectivity index (χ2n) is 3.36. The second-order valence-corrected chi connectivity index (χ2v) is 3.36. The van der Waals surface area contributed by atoms with Crippen LogP contribution in [0.3, 0.4) is 0 Å². The molecule has 82 valence electrons. The van der Waals surface area contributed by atoms with Gasteiger partial charge in [0.05, 0.1) is 23.6 Å². The summed E-state index contributed by atoms with van der Waals surface area (Å²) in [6.45, 7) is 4.34. The van der Waals surface area contributed by atoms with E-state index >= 15 is 0 Å². The average molecular weight is 216 g/mol. The molecule has 0 aromatic carbocycles. The van der Waals surface area contributed by atoms with Crippen molar-refractivity contribution in [2.45, 2.75) is 20.4 Å². The first-order chi connectivity index (χ1) is 7.75. The van der Waals surface area contributed by atoms with E-state index in [2.05, 4.69) is 30.5 Å². The monoisotopic (exact) mass is 216 g/mol. The van der Waals surface area contributed by atoms with E-state index in [1.54, 1.807) is 6.20 Å². The molecule has 0 saturated heterocycles. The quantitative estimate of drug-likeness (QED) is 0.821. The zero-order valence-corrected chi connectivity index (χ0v) is 9.18. The third-order valence-corrected chi connectivity index (χ3v) is 2.16. The molecule has 0 aliphatic heterocycles. The van der Waals surface area contributed by atoms with Gasteiger partial charge in [0.1, 0.15) is 6.33 Å². The van der Waals surface area contributed by atoms with E-state index in [-0.39, 0.29) is 0 Å². The first-order valence-corrected chi connectivity index (χ1v) is 4.92. The number of aryl methyl sites for hydroxylation is 2. The highest BCUT2D eigenvalue weighted by molar-refractivity contribution is 5.25. The summed E-state index contributed by atoms with van der Waals surface area (Å²) in [5.74, 6) is 0.515. The van der Waals surface area contributed by atoms with Gasteiger partial charge >= 0.3 is 0 Å². The molecule has 16 heavy (non-hydrogen) atoms. The summed E-state index contributed by atoms with van der Waals surface area (Å²) < 4.78 is 0. The van der Waals surface area contributed by atoms with Crippen LogP contribution in [0.4, 0.5) is 5.95 Å². The second kappa shape index (κ2) is 4.61. The Kier molecular flexibility index (Phi) is 3.00. The Bertz CT molecular complexity index is 470. The van der Waals surface area contributed by atoms with Crippen molar-refractivity contribution in [1.82, 2.24) is 25.1 Å². The lowest BCUT2D eigenvalue weighted by atomic mass is 10.4. The molecule has 6 nitrogen and oxygen atoms in total. The van der Waals surface area contributed by atoms with E-state index in [1.807, 2.05) is 19.9 Å². The third-order valence-electron chi connectivity index (χ3n) is 2.16. The fourth-order valence-electron chi connectivity index (χ4n) is 1.12. The first kappa shape index (κ1) is 10.4. The molecule has 0 saturated carbocycles. The van der Waals surface area contributed by atoms with Crippen LogP contribution in [-0.2, 0) is 6.54 Å². The number of hydrogen-bond acceptors (Lipinski definition) is 6. The molecule has 0 atom stereocenters. The molecule has 0 fully saturated rings. The molecule has 2 aromatic heterocycles. The summed E-state index contributed by atoms with van der Waals surface area (Å²) in [6.07, 6.45) is 3.21. The number of nitrogens with one attached hydrogen (secondary N) is 1. The average Bonchev–Trinajstić information content (AvgIpc) is 2.32. The zero-order valence-electron chi connectivity index (χ0n) is 9.18. The standard InChI is InChI=1S/C10H12N6/c1-7-8(2)15-16-10(14-7)12-5-9-3-4-11-6-13-9/h3-4,6H,5H2,1-2H3,(H,12,14,16). The Balaban J connectivity index is 2.03. The van der Waals surface area contributed by atoms with Crippen molar-refractivity contribution in [3.05, 3.63) is 35.7 Å². The van der Waals surface area contributed by atoms with E-state index in [9.17, 15) is 0 Å². The van der Waals surface area contributed by atoms with Crippen molar-refractivity contribution < 1.29 is 0 Å². The topological polar surface area (TPSA) is 76.5 Å². The summed E-state index contributed by atoms with van der Waals surface area (Å²) >= 11 is 0. The van der Waals surface area contributed by atoms with Crippen LogP contribution < -0.4 is 5.32 Å². The lowest BCUT2D eigenvalue weighted by molar-refractivity contribution is 0.877. The summed E-state index contributed by atoms with van der Waals surface area (Å²) in [5, 5.41) is 11.0. The van der Waals surface area contributed by atoms with Gasteiger partial charge < -0.3 is 5.32 Å². The van der Waals surface area contributed by atoms with Gasteiger partial charge in [-0.25, -0.2) is 15.0 Å². The number of anilines is 1. The highest BCUT2D eigenvalue weighted by Crippen LogP contribution is 2.03. The van der Waals surface area contributed by atoms with Gasteiger partial charge in [-0.3, -0.25) is 0 Å². The van der Waals surface area contributed by atoms with Gasteiger partial charge in [-0.2, -0.15) is 5.10 Å². The van der Waals surface area contributed by atoms with Crippen LogP contribution in [0.15, 0.2) is 18.6 Å². The molecule has 0 aliphatic rings. The van der Waals surface area contributed by atoms with Gasteiger partial charge in [-0.05, 0) is 19.9 Å².